The molecule has 0 aromatic carbocycles. The minimum absolute atomic E-state index is 0.0907. The molecule has 0 heterocycles. The highest BCUT2D eigenvalue weighted by Crippen LogP contribution is 2.14. The van der Waals surface area contributed by atoms with Gasteiger partial charge >= 0.3 is 17.9 Å². The smallest absolute Gasteiger partial charge is 0.306 e. The summed E-state index contributed by atoms with van der Waals surface area (Å²) in [5, 5.41) is 0. The Labute approximate surface area is 351 Å². The lowest BCUT2D eigenvalue weighted by Crippen LogP contribution is -2.30. The van der Waals surface area contributed by atoms with Gasteiger partial charge in [-0.05, 0) is 64.2 Å². The summed E-state index contributed by atoms with van der Waals surface area (Å²) in [6.07, 6.45) is 54.9. The van der Waals surface area contributed by atoms with E-state index in [1.54, 1.807) is 0 Å². The van der Waals surface area contributed by atoms with E-state index in [2.05, 4.69) is 45.1 Å². The van der Waals surface area contributed by atoms with Gasteiger partial charge in [-0.2, -0.15) is 0 Å². The zero-order valence-corrected chi connectivity index (χ0v) is 37.3. The van der Waals surface area contributed by atoms with Crippen LogP contribution in [0.15, 0.2) is 60.8 Å². The number of esters is 3. The van der Waals surface area contributed by atoms with Crippen LogP contribution in [0.2, 0.25) is 0 Å². The van der Waals surface area contributed by atoms with Gasteiger partial charge < -0.3 is 14.2 Å². The highest BCUT2D eigenvalue weighted by molar-refractivity contribution is 5.71. The molecule has 328 valence electrons. The summed E-state index contributed by atoms with van der Waals surface area (Å²) in [6, 6.07) is 0. The first-order valence-electron chi connectivity index (χ1n) is 23.8. The van der Waals surface area contributed by atoms with Gasteiger partial charge in [0.1, 0.15) is 13.2 Å². The average Bonchev–Trinajstić information content (AvgIpc) is 3.21. The molecule has 0 N–H and O–H groups in total. The van der Waals surface area contributed by atoms with Crippen LogP contribution in [0.3, 0.4) is 0 Å². The fraction of sp³-hybridized carbons (Fsp3) is 0.745. The van der Waals surface area contributed by atoms with Crippen LogP contribution in [-0.4, -0.2) is 37.2 Å². The van der Waals surface area contributed by atoms with Crippen LogP contribution < -0.4 is 0 Å². The second-order valence-electron chi connectivity index (χ2n) is 15.7. The summed E-state index contributed by atoms with van der Waals surface area (Å²) >= 11 is 0. The molecule has 57 heavy (non-hydrogen) atoms. The number of hydrogen-bond acceptors (Lipinski definition) is 6. The first-order chi connectivity index (χ1) is 28.0. The molecule has 0 aliphatic heterocycles. The van der Waals surface area contributed by atoms with E-state index >= 15 is 0 Å². The first kappa shape index (κ1) is 54.1. The van der Waals surface area contributed by atoms with E-state index in [4.69, 9.17) is 14.2 Å². The van der Waals surface area contributed by atoms with Gasteiger partial charge in [-0.25, -0.2) is 0 Å². The Kier molecular flexibility index (Phi) is 43.5. The average molecular weight is 797 g/mol. The molecule has 0 aromatic rings. The number of carbonyl (C=O) groups is 3. The number of unbranched alkanes of at least 4 members (excludes halogenated alkanes) is 24. The maximum Gasteiger partial charge on any atom is 0.306 e. The molecule has 6 nitrogen and oxygen atoms in total. The van der Waals surface area contributed by atoms with Crippen molar-refractivity contribution in [2.45, 2.75) is 232 Å². The number of hydrogen-bond donors (Lipinski definition) is 0. The van der Waals surface area contributed by atoms with Gasteiger partial charge in [0.25, 0.3) is 0 Å². The normalized spacial score (nSPS) is 12.5. The van der Waals surface area contributed by atoms with Gasteiger partial charge in [0, 0.05) is 19.3 Å². The van der Waals surface area contributed by atoms with E-state index in [-0.39, 0.29) is 37.5 Å². The summed E-state index contributed by atoms with van der Waals surface area (Å²) in [5.41, 5.74) is 0. The van der Waals surface area contributed by atoms with E-state index in [0.29, 0.717) is 12.8 Å². The summed E-state index contributed by atoms with van der Waals surface area (Å²) < 4.78 is 16.7. The highest BCUT2D eigenvalue weighted by atomic mass is 16.6. The van der Waals surface area contributed by atoms with Crippen LogP contribution in [0, 0.1) is 0 Å². The largest absolute Gasteiger partial charge is 0.462 e. The van der Waals surface area contributed by atoms with Crippen molar-refractivity contribution < 1.29 is 28.6 Å². The van der Waals surface area contributed by atoms with Crippen molar-refractivity contribution in [2.75, 3.05) is 13.2 Å². The SMILES string of the molecule is CC\C=C/C=C\C=C/C=C\CCCCCC(=O)OC(COC(=O)CCCCCCCCC/C=C\CCCCCCCC)COC(=O)CCCCCCCCCCC. The van der Waals surface area contributed by atoms with Gasteiger partial charge in [-0.15, -0.1) is 0 Å². The van der Waals surface area contributed by atoms with Crippen molar-refractivity contribution >= 4 is 17.9 Å². The molecule has 0 aromatic heterocycles. The maximum atomic E-state index is 12.7. The Bertz CT molecular complexity index is 1050. The predicted octanol–water partition coefficient (Wildman–Crippen LogP) is 15.3. The Balaban J connectivity index is 4.38. The van der Waals surface area contributed by atoms with Crippen LogP contribution in [-0.2, 0) is 28.6 Å². The molecule has 0 radical (unpaired) electrons. The third-order valence-corrected chi connectivity index (χ3v) is 10.1. The van der Waals surface area contributed by atoms with Gasteiger partial charge in [0.15, 0.2) is 6.10 Å². The molecule has 1 unspecified atom stereocenters. The second-order valence-corrected chi connectivity index (χ2v) is 15.7. The maximum absolute atomic E-state index is 12.7. The van der Waals surface area contributed by atoms with Crippen LogP contribution >= 0.6 is 0 Å². The van der Waals surface area contributed by atoms with Gasteiger partial charge in [0.05, 0.1) is 0 Å². The molecule has 0 saturated carbocycles. The lowest BCUT2D eigenvalue weighted by molar-refractivity contribution is -0.167. The van der Waals surface area contributed by atoms with E-state index < -0.39 is 6.10 Å². The fourth-order valence-electron chi connectivity index (χ4n) is 6.51. The molecular formula is C51H88O6. The summed E-state index contributed by atoms with van der Waals surface area (Å²) in [4.78, 5) is 37.7. The molecule has 0 aliphatic rings. The molecule has 6 heteroatoms. The van der Waals surface area contributed by atoms with E-state index in [1.807, 2.05) is 36.5 Å². The van der Waals surface area contributed by atoms with Crippen LogP contribution in [0.4, 0.5) is 0 Å². The highest BCUT2D eigenvalue weighted by Gasteiger charge is 2.19. The lowest BCUT2D eigenvalue weighted by atomic mass is 10.1. The Morgan fingerprint density at radius 3 is 1.14 bits per heavy atom. The zero-order valence-electron chi connectivity index (χ0n) is 37.3. The third-order valence-electron chi connectivity index (χ3n) is 10.1. The van der Waals surface area contributed by atoms with Crippen molar-refractivity contribution in [3.05, 3.63) is 60.8 Å². The lowest BCUT2D eigenvalue weighted by Gasteiger charge is -2.18. The molecule has 1 atom stereocenters. The molecule has 0 bridgehead atoms. The molecule has 0 amide bonds. The Morgan fingerprint density at radius 1 is 0.368 bits per heavy atom. The molecule has 0 fully saturated rings. The van der Waals surface area contributed by atoms with E-state index in [0.717, 1.165) is 70.6 Å². The third kappa shape index (κ3) is 44.1. The number of rotatable bonds is 42. The minimum Gasteiger partial charge on any atom is -0.462 e. The molecule has 0 spiro atoms. The second kappa shape index (κ2) is 45.8. The molecular weight excluding hydrogens is 709 g/mol. The van der Waals surface area contributed by atoms with Crippen molar-refractivity contribution in [3.8, 4) is 0 Å². The summed E-state index contributed by atoms with van der Waals surface area (Å²) in [5.74, 6) is -0.938. The predicted molar refractivity (Wildman–Crippen MR) is 242 cm³/mol. The standard InChI is InChI=1S/C51H88O6/c1-4-7-10-13-16-19-21-23-24-25-26-28-29-32-35-38-41-44-50(53)56-47-48(46-55-49(52)43-40-37-34-31-18-15-12-9-6-3)57-51(54)45-42-39-36-33-30-27-22-20-17-14-11-8-5-2/h8,11,14,17,20,22-24,27,30,48H,4-7,9-10,12-13,15-16,18-19,21,25-26,28-29,31-47H2,1-3H3/b11-8-,17-14-,22-20-,24-23-,30-27-. The van der Waals surface area contributed by atoms with Gasteiger partial charge in [-0.1, -0.05) is 204 Å². The number of allylic oxidation sites excluding steroid dienone is 10. The van der Waals surface area contributed by atoms with Crippen LogP contribution in [0.25, 0.3) is 0 Å². The van der Waals surface area contributed by atoms with Gasteiger partial charge in [0.2, 0.25) is 0 Å². The summed E-state index contributed by atoms with van der Waals surface area (Å²) in [7, 11) is 0. The molecule has 0 aliphatic carbocycles. The first-order valence-corrected chi connectivity index (χ1v) is 23.8. The van der Waals surface area contributed by atoms with Crippen LogP contribution in [0.1, 0.15) is 226 Å². The Hall–Kier alpha value is -2.89. The van der Waals surface area contributed by atoms with Gasteiger partial charge in [-0.3, -0.25) is 14.4 Å². The van der Waals surface area contributed by atoms with Crippen molar-refractivity contribution in [1.82, 2.24) is 0 Å². The molecule has 0 saturated heterocycles. The van der Waals surface area contributed by atoms with Crippen molar-refractivity contribution in [1.29, 1.82) is 0 Å². The van der Waals surface area contributed by atoms with E-state index in [9.17, 15) is 14.4 Å². The zero-order chi connectivity index (χ0) is 41.5. The fourth-order valence-corrected chi connectivity index (χ4v) is 6.51. The monoisotopic (exact) mass is 797 g/mol. The summed E-state index contributed by atoms with van der Waals surface area (Å²) in [6.45, 7) is 6.43. The Morgan fingerprint density at radius 2 is 0.702 bits per heavy atom. The van der Waals surface area contributed by atoms with E-state index in [1.165, 1.54) is 116 Å². The molecule has 0 rings (SSSR count). The number of carbonyl (C=O) groups excluding carboxylic acids is 3. The topological polar surface area (TPSA) is 78.9 Å². The number of ether oxygens (including phenoxy) is 3. The minimum atomic E-state index is -0.792. The van der Waals surface area contributed by atoms with Crippen molar-refractivity contribution in [2.24, 2.45) is 0 Å². The van der Waals surface area contributed by atoms with Crippen molar-refractivity contribution in [3.63, 3.8) is 0 Å². The van der Waals surface area contributed by atoms with Crippen LogP contribution in [0.5, 0.6) is 0 Å². The quantitative estimate of drug-likeness (QED) is 0.0201.